The predicted molar refractivity (Wildman–Crippen MR) is 107 cm³/mol. The summed E-state index contributed by atoms with van der Waals surface area (Å²) in [5.41, 5.74) is 1.90. The number of aromatic amines is 1. The maximum atomic E-state index is 12.5. The molecule has 2 aromatic heterocycles. The van der Waals surface area contributed by atoms with E-state index in [1.165, 1.54) is 0 Å². The van der Waals surface area contributed by atoms with Crippen molar-refractivity contribution in [1.29, 1.82) is 0 Å². The van der Waals surface area contributed by atoms with Gasteiger partial charge in [-0.15, -0.1) is 24.2 Å². The fraction of sp³-hybridized carbons (Fsp3) is 0.412. The molecule has 2 atom stereocenters. The van der Waals surface area contributed by atoms with Crippen molar-refractivity contribution in [3.05, 3.63) is 35.6 Å². The largest absolute Gasteiger partial charge is 0.392 e. The standard InChI is InChI=1S/C17H21N5O2S.ClH/c23-12-7-11(20-9-12)8-21-17(24)15-10-22(5-6-25-15)14-2-4-19-16-13(14)1-3-18-16;/h1-4,10-12,20,23H,5-9H2,(H,18,19)(H,21,24);1H/t11-,12-;/m0./s1. The Morgan fingerprint density at radius 1 is 1.46 bits per heavy atom. The van der Waals surface area contributed by atoms with Crippen molar-refractivity contribution in [2.24, 2.45) is 0 Å². The van der Waals surface area contributed by atoms with Gasteiger partial charge in [-0.1, -0.05) is 0 Å². The Hall–Kier alpha value is -1.74. The average molecular weight is 396 g/mol. The Morgan fingerprint density at radius 3 is 3.15 bits per heavy atom. The SMILES string of the molecule is Cl.O=C(NC[C@@H]1C[C@H](O)CN1)C1=CN(c2ccnc3[nH]ccc23)CCS1. The molecule has 1 fully saturated rings. The Balaban J connectivity index is 0.00000196. The number of β-amino-alcohol motifs (C(OH)–C–C–N with tert-alkyl or cyclic N) is 1. The van der Waals surface area contributed by atoms with Gasteiger partial charge in [0.25, 0.3) is 5.91 Å². The van der Waals surface area contributed by atoms with Crippen LogP contribution >= 0.6 is 24.2 Å². The normalized spacial score (nSPS) is 22.8. The molecule has 1 saturated heterocycles. The number of carbonyl (C=O) groups is 1. The van der Waals surface area contributed by atoms with Gasteiger partial charge >= 0.3 is 0 Å². The summed E-state index contributed by atoms with van der Waals surface area (Å²) < 4.78 is 0. The molecular formula is C17H22ClN5O2S. The second kappa shape index (κ2) is 8.30. The van der Waals surface area contributed by atoms with Crippen LogP contribution in [0.4, 0.5) is 5.69 Å². The number of rotatable bonds is 4. The first-order chi connectivity index (χ1) is 12.2. The molecule has 140 valence electrons. The molecule has 0 aliphatic carbocycles. The number of amides is 1. The van der Waals surface area contributed by atoms with Crippen LogP contribution in [0.2, 0.25) is 0 Å². The van der Waals surface area contributed by atoms with Crippen molar-refractivity contribution in [1.82, 2.24) is 20.6 Å². The first-order valence-corrected chi connectivity index (χ1v) is 9.42. The van der Waals surface area contributed by atoms with Gasteiger partial charge in [0.1, 0.15) is 5.65 Å². The zero-order valence-corrected chi connectivity index (χ0v) is 15.8. The van der Waals surface area contributed by atoms with Gasteiger partial charge < -0.3 is 25.6 Å². The summed E-state index contributed by atoms with van der Waals surface area (Å²) in [6.07, 6.45) is 5.94. The lowest BCUT2D eigenvalue weighted by Gasteiger charge is -2.26. The number of pyridine rings is 1. The molecular weight excluding hydrogens is 374 g/mol. The molecule has 0 bridgehead atoms. The number of hydrogen-bond acceptors (Lipinski definition) is 6. The van der Waals surface area contributed by atoms with Gasteiger partial charge in [-0.3, -0.25) is 4.79 Å². The highest BCUT2D eigenvalue weighted by molar-refractivity contribution is 8.04. The quantitative estimate of drug-likeness (QED) is 0.622. The van der Waals surface area contributed by atoms with Crippen LogP contribution in [0.25, 0.3) is 11.0 Å². The van der Waals surface area contributed by atoms with Crippen LogP contribution in [-0.4, -0.2) is 58.5 Å². The molecule has 1 amide bonds. The maximum Gasteiger partial charge on any atom is 0.259 e. The van der Waals surface area contributed by atoms with Crippen LogP contribution < -0.4 is 15.5 Å². The van der Waals surface area contributed by atoms with Crippen LogP contribution in [0.1, 0.15) is 6.42 Å². The fourth-order valence-corrected chi connectivity index (χ4v) is 4.18. The van der Waals surface area contributed by atoms with Crippen LogP contribution in [0.3, 0.4) is 0 Å². The van der Waals surface area contributed by atoms with E-state index in [9.17, 15) is 9.90 Å². The van der Waals surface area contributed by atoms with Crippen molar-refractivity contribution < 1.29 is 9.90 Å². The molecule has 0 unspecified atom stereocenters. The maximum absolute atomic E-state index is 12.5. The number of hydrogen-bond donors (Lipinski definition) is 4. The van der Waals surface area contributed by atoms with Crippen molar-refractivity contribution in [2.45, 2.75) is 18.6 Å². The molecule has 0 aromatic carbocycles. The monoisotopic (exact) mass is 395 g/mol. The first kappa shape index (κ1) is 19.0. The van der Waals surface area contributed by atoms with Gasteiger partial charge in [-0.2, -0.15) is 0 Å². The van der Waals surface area contributed by atoms with Crippen LogP contribution in [0, 0.1) is 0 Å². The van der Waals surface area contributed by atoms with Crippen molar-refractivity contribution >= 4 is 46.8 Å². The minimum atomic E-state index is -0.309. The summed E-state index contributed by atoms with van der Waals surface area (Å²) in [6.45, 7) is 1.98. The lowest BCUT2D eigenvalue weighted by molar-refractivity contribution is -0.116. The van der Waals surface area contributed by atoms with E-state index in [0.717, 1.165) is 29.0 Å². The molecule has 0 radical (unpaired) electrons. The predicted octanol–water partition coefficient (Wildman–Crippen LogP) is 1.22. The Kier molecular flexibility index (Phi) is 6.08. The van der Waals surface area contributed by atoms with Gasteiger partial charge in [0.15, 0.2) is 0 Å². The van der Waals surface area contributed by atoms with E-state index in [1.807, 2.05) is 24.5 Å². The molecule has 26 heavy (non-hydrogen) atoms. The molecule has 0 spiro atoms. The summed E-state index contributed by atoms with van der Waals surface area (Å²) in [5.74, 6) is 0.797. The van der Waals surface area contributed by atoms with Gasteiger partial charge in [0, 0.05) is 55.4 Å². The van der Waals surface area contributed by atoms with E-state index in [-0.39, 0.29) is 30.5 Å². The number of H-pyrrole nitrogens is 1. The fourth-order valence-electron chi connectivity index (χ4n) is 3.26. The average Bonchev–Trinajstić information content (AvgIpc) is 3.28. The Morgan fingerprint density at radius 2 is 2.35 bits per heavy atom. The number of aliphatic hydroxyl groups excluding tert-OH is 1. The topological polar surface area (TPSA) is 93.3 Å². The third-order valence-corrected chi connectivity index (χ3v) is 5.53. The number of halogens is 1. The van der Waals surface area contributed by atoms with Crippen molar-refractivity contribution in [3.63, 3.8) is 0 Å². The van der Waals surface area contributed by atoms with Gasteiger partial charge in [-0.05, 0) is 18.6 Å². The smallest absolute Gasteiger partial charge is 0.259 e. The minimum absolute atomic E-state index is 0. The van der Waals surface area contributed by atoms with Crippen molar-refractivity contribution in [3.8, 4) is 0 Å². The highest BCUT2D eigenvalue weighted by atomic mass is 35.5. The molecule has 2 aromatic rings. The van der Waals surface area contributed by atoms with E-state index < -0.39 is 0 Å². The van der Waals surface area contributed by atoms with Gasteiger partial charge in [-0.25, -0.2) is 4.98 Å². The number of anilines is 1. The van der Waals surface area contributed by atoms with E-state index >= 15 is 0 Å². The molecule has 9 heteroatoms. The highest BCUT2D eigenvalue weighted by Gasteiger charge is 2.24. The lowest BCUT2D eigenvalue weighted by atomic mass is 10.2. The number of thioether (sulfide) groups is 1. The zero-order valence-electron chi connectivity index (χ0n) is 14.1. The molecule has 7 nitrogen and oxygen atoms in total. The summed E-state index contributed by atoms with van der Waals surface area (Å²) >= 11 is 1.57. The summed E-state index contributed by atoms with van der Waals surface area (Å²) in [7, 11) is 0. The number of carbonyl (C=O) groups excluding carboxylic acids is 1. The third-order valence-electron chi connectivity index (χ3n) is 4.54. The number of fused-ring (bicyclic) bond motifs is 1. The van der Waals surface area contributed by atoms with Crippen LogP contribution in [0.5, 0.6) is 0 Å². The number of aliphatic hydroxyl groups is 1. The second-order valence-electron chi connectivity index (χ2n) is 6.31. The van der Waals surface area contributed by atoms with E-state index in [1.54, 1.807) is 18.0 Å². The highest BCUT2D eigenvalue weighted by Crippen LogP contribution is 2.30. The first-order valence-electron chi connectivity index (χ1n) is 8.44. The number of aromatic nitrogens is 2. The Bertz CT molecular complexity index is 811. The zero-order chi connectivity index (χ0) is 17.2. The van der Waals surface area contributed by atoms with E-state index in [4.69, 9.17) is 0 Å². The molecule has 4 rings (SSSR count). The molecule has 0 saturated carbocycles. The molecule has 4 N–H and O–H groups in total. The lowest BCUT2D eigenvalue weighted by Crippen LogP contribution is -2.38. The molecule has 2 aliphatic rings. The van der Waals surface area contributed by atoms with Crippen molar-refractivity contribution in [2.75, 3.05) is 30.3 Å². The van der Waals surface area contributed by atoms with Gasteiger partial charge in [0.05, 0.1) is 16.7 Å². The van der Waals surface area contributed by atoms with E-state index in [0.29, 0.717) is 24.4 Å². The number of nitrogens with zero attached hydrogens (tertiary/aromatic N) is 2. The van der Waals surface area contributed by atoms with E-state index in [2.05, 4.69) is 25.5 Å². The van der Waals surface area contributed by atoms with Gasteiger partial charge in [0.2, 0.25) is 0 Å². The third kappa shape index (κ3) is 3.98. The van der Waals surface area contributed by atoms with Crippen LogP contribution in [-0.2, 0) is 4.79 Å². The number of nitrogens with one attached hydrogen (secondary N) is 3. The summed E-state index contributed by atoms with van der Waals surface area (Å²) in [4.78, 5) is 22.7. The molecule has 4 heterocycles. The minimum Gasteiger partial charge on any atom is -0.392 e. The molecule has 2 aliphatic heterocycles. The summed E-state index contributed by atoms with van der Waals surface area (Å²) in [6, 6.07) is 4.12. The second-order valence-corrected chi connectivity index (χ2v) is 7.45. The van der Waals surface area contributed by atoms with Crippen LogP contribution in [0.15, 0.2) is 35.6 Å². The summed E-state index contributed by atoms with van der Waals surface area (Å²) in [5, 5.41) is 16.8. The Labute approximate surface area is 162 Å².